The van der Waals surface area contributed by atoms with Crippen molar-refractivity contribution >= 4 is 29.2 Å². The first-order valence-corrected chi connectivity index (χ1v) is 9.57. The normalized spacial score (nSPS) is 19.6. The summed E-state index contributed by atoms with van der Waals surface area (Å²) < 4.78 is 1.65. The van der Waals surface area contributed by atoms with Crippen LogP contribution in [0.1, 0.15) is 23.1 Å². The zero-order valence-electron chi connectivity index (χ0n) is 16.3. The van der Waals surface area contributed by atoms with Crippen LogP contribution in [0.4, 0.5) is 11.5 Å². The highest BCUT2D eigenvalue weighted by Crippen LogP contribution is 2.52. The van der Waals surface area contributed by atoms with Gasteiger partial charge in [0.1, 0.15) is 17.8 Å². The number of hydrogen-bond acceptors (Lipinski definition) is 4. The second kappa shape index (κ2) is 6.28. The molecule has 0 radical (unpaired) electrons. The second-order valence-corrected chi connectivity index (χ2v) is 7.61. The minimum absolute atomic E-state index is 0.0649. The van der Waals surface area contributed by atoms with E-state index < -0.39 is 11.3 Å². The van der Waals surface area contributed by atoms with Crippen LogP contribution < -0.4 is 16.0 Å². The molecule has 5 rings (SSSR count). The van der Waals surface area contributed by atoms with Crippen molar-refractivity contribution in [3.8, 4) is 5.69 Å². The summed E-state index contributed by atoms with van der Waals surface area (Å²) in [6.45, 7) is 1.70. The van der Waals surface area contributed by atoms with E-state index in [9.17, 15) is 14.4 Å². The molecule has 0 bridgehead atoms. The van der Waals surface area contributed by atoms with E-state index in [0.29, 0.717) is 22.6 Å². The van der Waals surface area contributed by atoms with Crippen molar-refractivity contribution < 1.29 is 14.4 Å². The molecule has 0 saturated carbocycles. The van der Waals surface area contributed by atoms with Crippen molar-refractivity contribution in [2.24, 2.45) is 5.73 Å². The van der Waals surface area contributed by atoms with Crippen molar-refractivity contribution in [1.82, 2.24) is 9.78 Å². The SMILES string of the molecule is Cc1ccccc1-n1ncc2c1NC(=O)CC21C(=O)N(CC(N)=O)c2ccccc21. The number of aromatic nitrogens is 2. The molecule has 1 unspecified atom stereocenters. The lowest BCUT2D eigenvalue weighted by molar-refractivity contribution is -0.127. The van der Waals surface area contributed by atoms with Crippen molar-refractivity contribution in [2.45, 2.75) is 18.8 Å². The van der Waals surface area contributed by atoms with Gasteiger partial charge in [0.2, 0.25) is 17.7 Å². The van der Waals surface area contributed by atoms with Crippen LogP contribution in [0.5, 0.6) is 0 Å². The fourth-order valence-corrected chi connectivity index (χ4v) is 4.55. The monoisotopic (exact) mass is 401 g/mol. The van der Waals surface area contributed by atoms with E-state index in [1.165, 1.54) is 4.90 Å². The van der Waals surface area contributed by atoms with Crippen molar-refractivity contribution in [3.05, 3.63) is 71.4 Å². The van der Waals surface area contributed by atoms with Crippen molar-refractivity contribution in [3.63, 3.8) is 0 Å². The summed E-state index contributed by atoms with van der Waals surface area (Å²) in [5, 5.41) is 7.41. The summed E-state index contributed by atoms with van der Waals surface area (Å²) in [7, 11) is 0. The molecule has 3 amide bonds. The number of benzene rings is 2. The number of nitrogens with one attached hydrogen (secondary N) is 1. The summed E-state index contributed by atoms with van der Waals surface area (Å²) in [5.74, 6) is -0.791. The lowest BCUT2D eigenvalue weighted by Crippen LogP contribution is -2.48. The Hall–Kier alpha value is -3.94. The van der Waals surface area contributed by atoms with Crippen LogP contribution in [0.25, 0.3) is 5.69 Å². The molecule has 1 atom stereocenters. The standard InChI is InChI=1S/C22H19N5O3/c1-13-6-2-4-8-16(13)27-20-15(11-24-27)22(10-19(29)25-20)14-7-3-5-9-17(14)26(21(22)30)12-18(23)28/h2-9,11H,10,12H2,1H3,(H2,23,28)(H,25,29). The topological polar surface area (TPSA) is 110 Å². The van der Waals surface area contributed by atoms with E-state index in [4.69, 9.17) is 5.73 Å². The number of hydrogen-bond donors (Lipinski definition) is 2. The Balaban J connectivity index is 1.76. The molecule has 2 aromatic carbocycles. The number of fused-ring (bicyclic) bond motifs is 4. The Morgan fingerprint density at radius 3 is 2.53 bits per heavy atom. The highest BCUT2D eigenvalue weighted by atomic mass is 16.2. The fraction of sp³-hybridized carbons (Fsp3) is 0.182. The van der Waals surface area contributed by atoms with Crippen LogP contribution in [0.15, 0.2) is 54.7 Å². The molecule has 2 aliphatic rings. The van der Waals surface area contributed by atoms with E-state index in [2.05, 4.69) is 10.4 Å². The van der Waals surface area contributed by atoms with Crippen LogP contribution in [0.2, 0.25) is 0 Å². The Morgan fingerprint density at radius 2 is 1.80 bits per heavy atom. The molecule has 8 nitrogen and oxygen atoms in total. The second-order valence-electron chi connectivity index (χ2n) is 7.61. The molecule has 1 spiro atoms. The number of para-hydroxylation sites is 2. The van der Waals surface area contributed by atoms with Gasteiger partial charge in [-0.05, 0) is 30.2 Å². The number of primary amides is 1. The molecule has 1 aromatic heterocycles. The number of rotatable bonds is 3. The minimum Gasteiger partial charge on any atom is -0.368 e. The van der Waals surface area contributed by atoms with Crippen LogP contribution in [-0.2, 0) is 19.8 Å². The molecule has 3 aromatic rings. The number of carbonyl (C=O) groups is 3. The average Bonchev–Trinajstić information content (AvgIpc) is 3.23. The van der Waals surface area contributed by atoms with Gasteiger partial charge in [-0.1, -0.05) is 36.4 Å². The first kappa shape index (κ1) is 18.1. The van der Waals surface area contributed by atoms with Gasteiger partial charge in [-0.15, -0.1) is 0 Å². The number of anilines is 2. The molecule has 3 N–H and O–H groups in total. The fourth-order valence-electron chi connectivity index (χ4n) is 4.55. The van der Waals surface area contributed by atoms with Gasteiger partial charge in [-0.25, -0.2) is 4.68 Å². The lowest BCUT2D eigenvalue weighted by atomic mass is 9.72. The maximum absolute atomic E-state index is 13.7. The first-order valence-electron chi connectivity index (χ1n) is 9.57. The van der Waals surface area contributed by atoms with Gasteiger partial charge in [0.25, 0.3) is 0 Å². The van der Waals surface area contributed by atoms with E-state index >= 15 is 0 Å². The lowest BCUT2D eigenvalue weighted by Gasteiger charge is -2.32. The minimum atomic E-state index is -1.25. The van der Waals surface area contributed by atoms with Gasteiger partial charge < -0.3 is 16.0 Å². The molecule has 150 valence electrons. The predicted molar refractivity (Wildman–Crippen MR) is 110 cm³/mol. The molecule has 30 heavy (non-hydrogen) atoms. The Labute approximate surface area is 172 Å². The Kier molecular flexibility index (Phi) is 3.79. The van der Waals surface area contributed by atoms with Crippen LogP contribution >= 0.6 is 0 Å². The molecule has 0 fully saturated rings. The third-order valence-electron chi connectivity index (χ3n) is 5.84. The molecule has 3 heterocycles. The molecular formula is C22H19N5O3. The molecule has 0 aliphatic carbocycles. The number of nitrogens with two attached hydrogens (primary N) is 1. The number of carbonyl (C=O) groups excluding carboxylic acids is 3. The van der Waals surface area contributed by atoms with Gasteiger partial charge in [0.05, 0.1) is 11.9 Å². The van der Waals surface area contributed by atoms with Crippen LogP contribution in [-0.4, -0.2) is 34.0 Å². The highest BCUT2D eigenvalue weighted by molar-refractivity contribution is 6.17. The highest BCUT2D eigenvalue weighted by Gasteiger charge is 2.57. The van der Waals surface area contributed by atoms with E-state index in [1.807, 2.05) is 43.3 Å². The zero-order valence-corrected chi connectivity index (χ0v) is 16.3. The van der Waals surface area contributed by atoms with Crippen LogP contribution in [0.3, 0.4) is 0 Å². The maximum Gasteiger partial charge on any atom is 0.243 e. The van der Waals surface area contributed by atoms with Gasteiger partial charge in [0, 0.05) is 17.7 Å². The largest absolute Gasteiger partial charge is 0.368 e. The molecule has 2 aliphatic heterocycles. The number of aryl methyl sites for hydroxylation is 1. The third kappa shape index (κ3) is 2.33. The summed E-state index contributed by atoms with van der Waals surface area (Å²) in [5.41, 5.74) is 7.81. The molecule has 8 heteroatoms. The van der Waals surface area contributed by atoms with E-state index in [1.54, 1.807) is 23.0 Å². The Bertz CT molecular complexity index is 1230. The van der Waals surface area contributed by atoms with Gasteiger partial charge in [-0.3, -0.25) is 14.4 Å². The van der Waals surface area contributed by atoms with Crippen LogP contribution in [0, 0.1) is 6.92 Å². The quantitative estimate of drug-likeness (QED) is 0.695. The summed E-state index contributed by atoms with van der Waals surface area (Å²) in [6, 6.07) is 14.9. The van der Waals surface area contributed by atoms with Gasteiger partial charge in [0.15, 0.2) is 0 Å². The summed E-state index contributed by atoms with van der Waals surface area (Å²) in [4.78, 5) is 39.5. The molecule has 0 saturated heterocycles. The smallest absolute Gasteiger partial charge is 0.243 e. The van der Waals surface area contributed by atoms with E-state index in [-0.39, 0.29) is 24.8 Å². The first-order chi connectivity index (χ1) is 14.4. The summed E-state index contributed by atoms with van der Waals surface area (Å²) in [6.07, 6.45) is 1.56. The van der Waals surface area contributed by atoms with Gasteiger partial charge in [-0.2, -0.15) is 5.10 Å². The molecular weight excluding hydrogens is 382 g/mol. The van der Waals surface area contributed by atoms with Gasteiger partial charge >= 0.3 is 0 Å². The Morgan fingerprint density at radius 1 is 1.10 bits per heavy atom. The third-order valence-corrected chi connectivity index (χ3v) is 5.84. The van der Waals surface area contributed by atoms with Crippen molar-refractivity contribution in [1.29, 1.82) is 0 Å². The average molecular weight is 401 g/mol. The predicted octanol–water partition coefficient (Wildman–Crippen LogP) is 1.64. The van der Waals surface area contributed by atoms with Crippen molar-refractivity contribution in [2.75, 3.05) is 16.8 Å². The maximum atomic E-state index is 13.7. The van der Waals surface area contributed by atoms with E-state index in [0.717, 1.165) is 11.3 Å². The number of nitrogens with zero attached hydrogens (tertiary/aromatic N) is 3. The summed E-state index contributed by atoms with van der Waals surface area (Å²) >= 11 is 0. The zero-order chi connectivity index (χ0) is 21.0. The number of amides is 3.